The molecule has 1 fully saturated rings. The zero-order valence-electron chi connectivity index (χ0n) is 14.5. The van der Waals surface area contributed by atoms with Crippen molar-refractivity contribution in [2.75, 3.05) is 13.1 Å². The van der Waals surface area contributed by atoms with E-state index in [1.54, 1.807) is 11.3 Å². The predicted molar refractivity (Wildman–Crippen MR) is 92.0 cm³/mol. The lowest BCUT2D eigenvalue weighted by atomic mass is 9.96. The molecule has 2 aromatic heterocycles. The minimum atomic E-state index is 0.0786. The van der Waals surface area contributed by atoms with E-state index >= 15 is 0 Å². The topological polar surface area (TPSA) is 72.1 Å². The number of hydrogen-bond acceptors (Lipinski definition) is 6. The summed E-state index contributed by atoms with van der Waals surface area (Å²) < 4.78 is 5.47. The monoisotopic (exact) mass is 348 g/mol. The van der Waals surface area contributed by atoms with Crippen molar-refractivity contribution in [3.8, 4) is 0 Å². The Labute approximate surface area is 146 Å². The molecule has 24 heavy (non-hydrogen) atoms. The van der Waals surface area contributed by atoms with Gasteiger partial charge in [0.2, 0.25) is 11.8 Å². The van der Waals surface area contributed by atoms with Crippen molar-refractivity contribution >= 4 is 17.2 Å². The third-order valence-electron chi connectivity index (χ3n) is 4.61. The summed E-state index contributed by atoms with van der Waals surface area (Å²) in [5, 5.41) is 7.16. The number of amides is 1. The highest BCUT2D eigenvalue weighted by Crippen LogP contribution is 2.27. The Bertz CT molecular complexity index is 696. The van der Waals surface area contributed by atoms with Gasteiger partial charge >= 0.3 is 0 Å². The van der Waals surface area contributed by atoms with E-state index in [2.05, 4.69) is 22.0 Å². The molecule has 0 saturated carbocycles. The molecule has 0 spiro atoms. The Kier molecular flexibility index (Phi) is 5.28. The van der Waals surface area contributed by atoms with Gasteiger partial charge in [0, 0.05) is 24.4 Å². The largest absolute Gasteiger partial charge is 0.342 e. The molecule has 2 aromatic rings. The van der Waals surface area contributed by atoms with Crippen molar-refractivity contribution in [1.82, 2.24) is 20.0 Å². The lowest BCUT2D eigenvalue weighted by Gasteiger charge is -2.32. The van der Waals surface area contributed by atoms with Gasteiger partial charge in [0.05, 0.1) is 23.0 Å². The van der Waals surface area contributed by atoms with Crippen molar-refractivity contribution in [1.29, 1.82) is 0 Å². The van der Waals surface area contributed by atoms with E-state index in [1.807, 2.05) is 24.1 Å². The molecular formula is C17H24N4O2S. The maximum atomic E-state index is 12.4. The van der Waals surface area contributed by atoms with Gasteiger partial charge in [-0.05, 0) is 26.2 Å². The molecule has 1 amide bonds. The van der Waals surface area contributed by atoms with Crippen LogP contribution in [-0.2, 0) is 11.2 Å². The first kappa shape index (κ1) is 17.1. The third-order valence-corrected chi connectivity index (χ3v) is 5.43. The highest BCUT2D eigenvalue weighted by Gasteiger charge is 2.30. The zero-order valence-corrected chi connectivity index (χ0v) is 15.3. The predicted octanol–water partition coefficient (Wildman–Crippen LogP) is 3.18. The first-order valence-electron chi connectivity index (χ1n) is 8.59. The number of rotatable bonds is 5. The van der Waals surface area contributed by atoms with E-state index in [0.29, 0.717) is 24.7 Å². The molecule has 7 heteroatoms. The summed E-state index contributed by atoms with van der Waals surface area (Å²) in [6, 6.07) is 0. The van der Waals surface area contributed by atoms with Gasteiger partial charge in [-0.3, -0.25) is 4.79 Å². The average Bonchev–Trinajstić information content (AvgIpc) is 3.23. The summed E-state index contributed by atoms with van der Waals surface area (Å²) in [5.74, 6) is 1.78. The van der Waals surface area contributed by atoms with E-state index in [1.165, 1.54) is 0 Å². The van der Waals surface area contributed by atoms with E-state index < -0.39 is 0 Å². The Morgan fingerprint density at radius 2 is 2.33 bits per heavy atom. The van der Waals surface area contributed by atoms with E-state index in [4.69, 9.17) is 4.52 Å². The van der Waals surface area contributed by atoms with Crippen molar-refractivity contribution in [2.45, 2.75) is 52.4 Å². The molecule has 0 N–H and O–H groups in total. The van der Waals surface area contributed by atoms with Gasteiger partial charge in [-0.25, -0.2) is 4.98 Å². The number of carbonyl (C=O) groups is 1. The van der Waals surface area contributed by atoms with Gasteiger partial charge in [0.25, 0.3) is 0 Å². The number of piperidine rings is 1. The number of thiazole rings is 1. The SMILES string of the molecule is CC[C@H](C)C(=O)N1CCC[C@H](c2nc(Cc3csc(C)n3)no2)C1. The molecule has 1 saturated heterocycles. The molecule has 1 aliphatic rings. The third kappa shape index (κ3) is 3.83. The average molecular weight is 348 g/mol. The molecule has 2 atom stereocenters. The molecule has 0 aromatic carbocycles. The van der Waals surface area contributed by atoms with E-state index in [-0.39, 0.29) is 17.7 Å². The Morgan fingerprint density at radius 3 is 3.04 bits per heavy atom. The van der Waals surface area contributed by atoms with Crippen LogP contribution >= 0.6 is 11.3 Å². The lowest BCUT2D eigenvalue weighted by Crippen LogP contribution is -2.41. The molecule has 0 unspecified atom stereocenters. The van der Waals surface area contributed by atoms with Gasteiger partial charge in [0.15, 0.2) is 5.82 Å². The van der Waals surface area contributed by atoms with Crippen LogP contribution in [0.25, 0.3) is 0 Å². The molecule has 3 heterocycles. The van der Waals surface area contributed by atoms with Crippen molar-refractivity contribution in [3.63, 3.8) is 0 Å². The van der Waals surface area contributed by atoms with Crippen LogP contribution in [0.4, 0.5) is 0 Å². The Balaban J connectivity index is 1.65. The summed E-state index contributed by atoms with van der Waals surface area (Å²) in [5.41, 5.74) is 0.974. The highest BCUT2D eigenvalue weighted by molar-refractivity contribution is 7.09. The Morgan fingerprint density at radius 1 is 1.50 bits per heavy atom. The number of carbonyl (C=O) groups excluding carboxylic acids is 1. The lowest BCUT2D eigenvalue weighted by molar-refractivity contribution is -0.136. The summed E-state index contributed by atoms with van der Waals surface area (Å²) in [6.45, 7) is 7.54. The van der Waals surface area contributed by atoms with Crippen LogP contribution < -0.4 is 0 Å². The number of aromatic nitrogens is 3. The molecule has 3 rings (SSSR count). The van der Waals surface area contributed by atoms with Crippen LogP contribution in [0, 0.1) is 12.8 Å². The van der Waals surface area contributed by atoms with Gasteiger partial charge in [-0.15, -0.1) is 11.3 Å². The van der Waals surface area contributed by atoms with Gasteiger partial charge in [-0.2, -0.15) is 4.98 Å². The van der Waals surface area contributed by atoms with Crippen LogP contribution in [0.3, 0.4) is 0 Å². The fraction of sp³-hybridized carbons (Fsp3) is 0.647. The maximum Gasteiger partial charge on any atom is 0.231 e. The first-order chi connectivity index (χ1) is 11.6. The fourth-order valence-corrected chi connectivity index (χ4v) is 3.63. The van der Waals surface area contributed by atoms with Crippen LogP contribution in [0.2, 0.25) is 0 Å². The van der Waals surface area contributed by atoms with Gasteiger partial charge in [0.1, 0.15) is 0 Å². The normalized spacial score (nSPS) is 19.5. The van der Waals surface area contributed by atoms with E-state index in [0.717, 1.165) is 36.5 Å². The quantitative estimate of drug-likeness (QED) is 0.830. The molecule has 1 aliphatic heterocycles. The van der Waals surface area contributed by atoms with Crippen LogP contribution in [-0.4, -0.2) is 39.0 Å². The summed E-state index contributed by atoms with van der Waals surface area (Å²) >= 11 is 1.63. The second-order valence-corrected chi connectivity index (χ2v) is 7.58. The Hall–Kier alpha value is -1.76. The van der Waals surface area contributed by atoms with Crippen LogP contribution in [0.1, 0.15) is 61.4 Å². The van der Waals surface area contributed by atoms with Crippen LogP contribution in [0.5, 0.6) is 0 Å². The zero-order chi connectivity index (χ0) is 17.1. The second-order valence-electron chi connectivity index (χ2n) is 6.52. The molecule has 130 valence electrons. The number of nitrogens with zero attached hydrogens (tertiary/aromatic N) is 4. The second kappa shape index (κ2) is 7.42. The van der Waals surface area contributed by atoms with Crippen molar-refractivity contribution < 1.29 is 9.32 Å². The van der Waals surface area contributed by atoms with Gasteiger partial charge in [-0.1, -0.05) is 19.0 Å². The molecule has 0 radical (unpaired) electrons. The summed E-state index contributed by atoms with van der Waals surface area (Å²) in [6.07, 6.45) is 3.44. The molecule has 6 nitrogen and oxygen atoms in total. The van der Waals surface area contributed by atoms with Crippen LogP contribution in [0.15, 0.2) is 9.90 Å². The standard InChI is InChI=1S/C17H24N4O2S/c1-4-11(2)17(22)21-7-5-6-13(9-21)16-19-15(20-23-16)8-14-10-24-12(3)18-14/h10-11,13H,4-9H2,1-3H3/t11-,13-/m0/s1. The number of hydrogen-bond donors (Lipinski definition) is 0. The fourth-order valence-electron chi connectivity index (χ4n) is 3.02. The van der Waals surface area contributed by atoms with Crippen molar-refractivity contribution in [2.24, 2.45) is 5.92 Å². The number of likely N-dealkylation sites (tertiary alicyclic amines) is 1. The first-order valence-corrected chi connectivity index (χ1v) is 9.47. The summed E-state index contributed by atoms with van der Waals surface area (Å²) in [7, 11) is 0. The van der Waals surface area contributed by atoms with Crippen molar-refractivity contribution in [3.05, 3.63) is 27.8 Å². The summed E-state index contributed by atoms with van der Waals surface area (Å²) in [4.78, 5) is 23.3. The van der Waals surface area contributed by atoms with Gasteiger partial charge < -0.3 is 9.42 Å². The molecular weight excluding hydrogens is 324 g/mol. The highest BCUT2D eigenvalue weighted by atomic mass is 32.1. The number of aryl methyl sites for hydroxylation is 1. The smallest absolute Gasteiger partial charge is 0.231 e. The molecule has 0 aliphatic carbocycles. The maximum absolute atomic E-state index is 12.4. The van der Waals surface area contributed by atoms with E-state index in [9.17, 15) is 4.79 Å². The minimum Gasteiger partial charge on any atom is -0.342 e. The molecule has 0 bridgehead atoms. The minimum absolute atomic E-state index is 0.0786.